The van der Waals surface area contributed by atoms with Gasteiger partial charge < -0.3 is 10.2 Å². The number of alkyl halides is 3. The standard InChI is InChI=1S/C17H11ClF4N4/c18-11-2-1-3-13-14(11)26-7-6-23-16(26)15(25-13)24-9-4-5-10(12(19)8-9)17(20,21)22/h1-5,8H,6-7H2,(H,24,25). The lowest BCUT2D eigenvalue weighted by molar-refractivity contribution is -0.139. The molecule has 9 heteroatoms. The van der Waals surface area contributed by atoms with Gasteiger partial charge in [0, 0.05) is 12.2 Å². The first-order valence-corrected chi connectivity index (χ1v) is 8.06. The van der Waals surface area contributed by atoms with Gasteiger partial charge in [0.05, 0.1) is 28.5 Å². The third-order valence-electron chi connectivity index (χ3n) is 4.06. The van der Waals surface area contributed by atoms with Crippen LogP contribution in [-0.2, 0) is 6.18 Å². The fraction of sp³-hybridized carbons (Fsp3) is 0.176. The predicted molar refractivity (Wildman–Crippen MR) is 93.2 cm³/mol. The van der Waals surface area contributed by atoms with Gasteiger partial charge >= 0.3 is 6.18 Å². The van der Waals surface area contributed by atoms with E-state index in [-0.39, 0.29) is 5.69 Å². The molecule has 2 aliphatic rings. The first kappa shape index (κ1) is 16.8. The molecule has 0 atom stereocenters. The molecular formula is C17H11ClF4N4. The molecule has 134 valence electrons. The predicted octanol–water partition coefficient (Wildman–Crippen LogP) is 4.87. The number of anilines is 2. The Morgan fingerprint density at radius 3 is 2.69 bits per heavy atom. The molecular weight excluding hydrogens is 372 g/mol. The van der Waals surface area contributed by atoms with Gasteiger partial charge in [-0.25, -0.2) is 9.38 Å². The van der Waals surface area contributed by atoms with Crippen LogP contribution in [-0.4, -0.2) is 24.8 Å². The monoisotopic (exact) mass is 382 g/mol. The summed E-state index contributed by atoms with van der Waals surface area (Å²) in [4.78, 5) is 10.7. The summed E-state index contributed by atoms with van der Waals surface area (Å²) in [5.74, 6) is -0.505. The van der Waals surface area contributed by atoms with E-state index in [4.69, 9.17) is 11.6 Å². The van der Waals surface area contributed by atoms with Crippen molar-refractivity contribution in [2.45, 2.75) is 6.18 Å². The number of hydrogen-bond donors (Lipinski definition) is 1. The van der Waals surface area contributed by atoms with Crippen molar-refractivity contribution in [3.05, 3.63) is 52.8 Å². The van der Waals surface area contributed by atoms with Crippen molar-refractivity contribution in [2.75, 3.05) is 23.3 Å². The summed E-state index contributed by atoms with van der Waals surface area (Å²) in [6, 6.07) is 7.90. The molecule has 4 rings (SSSR count). The smallest absolute Gasteiger partial charge is 0.337 e. The molecule has 0 aliphatic carbocycles. The van der Waals surface area contributed by atoms with Crippen LogP contribution in [0.4, 0.5) is 34.6 Å². The van der Waals surface area contributed by atoms with Gasteiger partial charge in [-0.1, -0.05) is 17.7 Å². The van der Waals surface area contributed by atoms with E-state index in [0.717, 1.165) is 17.8 Å². The molecule has 0 radical (unpaired) electrons. The highest BCUT2D eigenvalue weighted by molar-refractivity contribution is 6.52. The average Bonchev–Trinajstić information content (AvgIpc) is 3.03. The van der Waals surface area contributed by atoms with Gasteiger partial charge in [0.2, 0.25) is 0 Å². The Morgan fingerprint density at radius 1 is 1.15 bits per heavy atom. The SMILES string of the molecule is Fc1cc(NC2=Nc3cccc(Cl)c3N3CCN=C23)ccc1C(F)(F)F. The molecule has 0 fully saturated rings. The van der Waals surface area contributed by atoms with Gasteiger partial charge in [0.15, 0.2) is 11.7 Å². The number of nitrogens with zero attached hydrogens (tertiary/aromatic N) is 3. The summed E-state index contributed by atoms with van der Waals surface area (Å²) < 4.78 is 51.9. The number of hydrogen-bond acceptors (Lipinski definition) is 4. The zero-order chi connectivity index (χ0) is 18.5. The summed E-state index contributed by atoms with van der Waals surface area (Å²) in [5, 5.41) is 3.39. The van der Waals surface area contributed by atoms with Crippen molar-refractivity contribution in [3.63, 3.8) is 0 Å². The van der Waals surface area contributed by atoms with E-state index in [1.807, 2.05) is 4.90 Å². The van der Waals surface area contributed by atoms with Crippen molar-refractivity contribution in [1.29, 1.82) is 0 Å². The Kier molecular flexibility index (Phi) is 3.87. The Balaban J connectivity index is 1.71. The highest BCUT2D eigenvalue weighted by atomic mass is 35.5. The first-order valence-electron chi connectivity index (χ1n) is 7.68. The lowest BCUT2D eigenvalue weighted by atomic mass is 10.1. The molecule has 0 bridgehead atoms. The van der Waals surface area contributed by atoms with Crippen LogP contribution in [0.2, 0.25) is 5.02 Å². The van der Waals surface area contributed by atoms with Crippen LogP contribution in [0.15, 0.2) is 46.4 Å². The number of benzene rings is 2. The first-order chi connectivity index (χ1) is 12.3. The van der Waals surface area contributed by atoms with Crippen molar-refractivity contribution in [1.82, 2.24) is 0 Å². The maximum atomic E-state index is 13.8. The normalized spacial score (nSPS) is 16.0. The van der Waals surface area contributed by atoms with E-state index in [1.54, 1.807) is 18.2 Å². The number of para-hydroxylation sites is 1. The number of aliphatic imine (C=N–C) groups is 2. The summed E-state index contributed by atoms with van der Waals surface area (Å²) in [7, 11) is 0. The van der Waals surface area contributed by atoms with E-state index in [0.29, 0.717) is 41.5 Å². The molecule has 4 nitrogen and oxygen atoms in total. The molecule has 2 heterocycles. The fourth-order valence-corrected chi connectivity index (χ4v) is 3.21. The largest absolute Gasteiger partial charge is 0.419 e. The van der Waals surface area contributed by atoms with Gasteiger partial charge in [0.25, 0.3) is 0 Å². The molecule has 26 heavy (non-hydrogen) atoms. The topological polar surface area (TPSA) is 40.0 Å². The van der Waals surface area contributed by atoms with Crippen LogP contribution in [0.3, 0.4) is 0 Å². The van der Waals surface area contributed by atoms with Gasteiger partial charge in [0.1, 0.15) is 5.82 Å². The van der Waals surface area contributed by atoms with Crippen molar-refractivity contribution < 1.29 is 17.6 Å². The third-order valence-corrected chi connectivity index (χ3v) is 4.36. The van der Waals surface area contributed by atoms with E-state index in [9.17, 15) is 17.6 Å². The second kappa shape index (κ2) is 5.98. The minimum atomic E-state index is -4.74. The summed E-state index contributed by atoms with van der Waals surface area (Å²) in [6.45, 7) is 1.14. The lowest BCUT2D eigenvalue weighted by Crippen LogP contribution is -2.39. The lowest BCUT2D eigenvalue weighted by Gasteiger charge is -2.28. The van der Waals surface area contributed by atoms with Crippen molar-refractivity contribution >= 4 is 40.3 Å². The Morgan fingerprint density at radius 2 is 1.96 bits per heavy atom. The van der Waals surface area contributed by atoms with Crippen LogP contribution < -0.4 is 10.2 Å². The quantitative estimate of drug-likeness (QED) is 0.715. The molecule has 0 unspecified atom stereocenters. The van der Waals surface area contributed by atoms with Gasteiger partial charge in [-0.2, -0.15) is 13.2 Å². The minimum Gasteiger partial charge on any atom is -0.337 e. The molecule has 2 aliphatic heterocycles. The number of rotatable bonds is 1. The van der Waals surface area contributed by atoms with E-state index < -0.39 is 17.6 Å². The number of nitrogens with one attached hydrogen (secondary N) is 1. The van der Waals surface area contributed by atoms with Crippen LogP contribution >= 0.6 is 11.6 Å². The Bertz CT molecular complexity index is 952. The maximum Gasteiger partial charge on any atom is 0.419 e. The molecule has 0 spiro atoms. The van der Waals surface area contributed by atoms with Crippen LogP contribution in [0.1, 0.15) is 5.56 Å². The molecule has 0 saturated heterocycles. The molecule has 2 aromatic rings. The Labute approximate surface area is 150 Å². The molecule has 0 aromatic heterocycles. The van der Waals surface area contributed by atoms with E-state index in [2.05, 4.69) is 15.3 Å². The molecule has 0 saturated carbocycles. The second-order valence-electron chi connectivity index (χ2n) is 5.74. The molecule has 1 N–H and O–H groups in total. The average molecular weight is 383 g/mol. The number of fused-ring (bicyclic) bond motifs is 3. The van der Waals surface area contributed by atoms with Crippen molar-refractivity contribution in [2.24, 2.45) is 9.98 Å². The second-order valence-corrected chi connectivity index (χ2v) is 6.15. The zero-order valence-electron chi connectivity index (χ0n) is 13.1. The van der Waals surface area contributed by atoms with Gasteiger partial charge in [-0.15, -0.1) is 0 Å². The summed E-state index contributed by atoms with van der Waals surface area (Å²) in [6.07, 6.45) is -4.74. The fourth-order valence-electron chi connectivity index (χ4n) is 2.94. The van der Waals surface area contributed by atoms with Crippen LogP contribution in [0, 0.1) is 5.82 Å². The van der Waals surface area contributed by atoms with Gasteiger partial charge in [-0.3, -0.25) is 4.99 Å². The maximum absolute atomic E-state index is 13.8. The van der Waals surface area contributed by atoms with Crippen LogP contribution in [0.5, 0.6) is 0 Å². The molecule has 2 aromatic carbocycles. The highest BCUT2D eigenvalue weighted by Gasteiger charge is 2.35. The number of halogens is 5. The third kappa shape index (κ3) is 2.80. The summed E-state index contributed by atoms with van der Waals surface area (Å²) >= 11 is 6.26. The number of amidine groups is 2. The molecule has 0 amide bonds. The van der Waals surface area contributed by atoms with E-state index >= 15 is 0 Å². The highest BCUT2D eigenvalue weighted by Crippen LogP contribution is 2.40. The minimum absolute atomic E-state index is 0.147. The Hall–Kier alpha value is -2.61. The van der Waals surface area contributed by atoms with Crippen molar-refractivity contribution in [3.8, 4) is 0 Å². The van der Waals surface area contributed by atoms with Crippen LogP contribution in [0.25, 0.3) is 0 Å². The van der Waals surface area contributed by atoms with E-state index in [1.165, 1.54) is 0 Å². The zero-order valence-corrected chi connectivity index (χ0v) is 13.9. The van der Waals surface area contributed by atoms with Gasteiger partial charge in [-0.05, 0) is 30.3 Å². The summed E-state index contributed by atoms with van der Waals surface area (Å²) in [5.41, 5.74) is 0.169.